The molecule has 1 fully saturated rings. The molecule has 22 heavy (non-hydrogen) atoms. The molecule has 7 heteroatoms. The Balaban J connectivity index is 1.84. The fraction of sp³-hybridized carbons (Fsp3) is 0.467. The molecule has 120 valence electrons. The van der Waals surface area contributed by atoms with E-state index in [0.29, 0.717) is 37.7 Å². The van der Waals surface area contributed by atoms with Gasteiger partial charge in [0, 0.05) is 6.54 Å². The van der Waals surface area contributed by atoms with Crippen LogP contribution in [0.25, 0.3) is 0 Å². The first-order chi connectivity index (χ1) is 10.6. The third kappa shape index (κ3) is 4.36. The van der Waals surface area contributed by atoms with Crippen LogP contribution in [-0.4, -0.2) is 52.2 Å². The lowest BCUT2D eigenvalue weighted by atomic mass is 10.2. The Morgan fingerprint density at radius 2 is 2.09 bits per heavy atom. The largest absolute Gasteiger partial charge is 0.493 e. The summed E-state index contributed by atoms with van der Waals surface area (Å²) in [6.45, 7) is 2.47. The molecule has 3 N–H and O–H groups in total. The van der Waals surface area contributed by atoms with Crippen molar-refractivity contribution in [2.75, 3.05) is 40.4 Å². The van der Waals surface area contributed by atoms with Crippen molar-refractivity contribution >= 4 is 11.8 Å². The molecule has 0 aromatic heterocycles. The summed E-state index contributed by atoms with van der Waals surface area (Å²) in [5.74, 6) is 1.21. The van der Waals surface area contributed by atoms with E-state index in [1.165, 1.54) is 0 Å². The lowest BCUT2D eigenvalue weighted by Crippen LogP contribution is -3.16. The van der Waals surface area contributed by atoms with E-state index in [1.807, 2.05) is 12.1 Å². The van der Waals surface area contributed by atoms with E-state index in [9.17, 15) is 9.59 Å². The van der Waals surface area contributed by atoms with Gasteiger partial charge in [0.15, 0.2) is 24.6 Å². The number of carbonyl (C=O) groups excluding carboxylic acids is 2. The van der Waals surface area contributed by atoms with Crippen molar-refractivity contribution in [2.24, 2.45) is 0 Å². The van der Waals surface area contributed by atoms with Crippen LogP contribution in [0.3, 0.4) is 0 Å². The normalized spacial score (nSPS) is 17.5. The number of hydrogen-bond donors (Lipinski definition) is 3. The molecule has 1 heterocycles. The maximum atomic E-state index is 11.9. The summed E-state index contributed by atoms with van der Waals surface area (Å²) in [6.07, 6.45) is 0. The second kappa shape index (κ2) is 7.65. The van der Waals surface area contributed by atoms with Gasteiger partial charge < -0.3 is 25.0 Å². The Kier molecular flexibility index (Phi) is 5.60. The Morgan fingerprint density at radius 1 is 1.32 bits per heavy atom. The van der Waals surface area contributed by atoms with Gasteiger partial charge in [0.05, 0.1) is 27.3 Å². The third-order valence-electron chi connectivity index (χ3n) is 3.56. The second-order valence-corrected chi connectivity index (χ2v) is 5.17. The molecule has 7 nitrogen and oxygen atoms in total. The smallest absolute Gasteiger partial charge is 0.275 e. The Bertz CT molecular complexity index is 548. The van der Waals surface area contributed by atoms with Crippen molar-refractivity contribution in [2.45, 2.75) is 6.54 Å². The summed E-state index contributed by atoms with van der Waals surface area (Å²) in [5.41, 5.74) is 0.928. The van der Waals surface area contributed by atoms with Gasteiger partial charge in [-0.1, -0.05) is 6.07 Å². The number of carbonyl (C=O) groups is 2. The molecule has 0 saturated carbocycles. The Morgan fingerprint density at radius 3 is 2.77 bits per heavy atom. The highest BCUT2D eigenvalue weighted by Gasteiger charge is 2.21. The van der Waals surface area contributed by atoms with Crippen LogP contribution in [-0.2, 0) is 16.1 Å². The van der Waals surface area contributed by atoms with Gasteiger partial charge in [-0.25, -0.2) is 0 Å². The summed E-state index contributed by atoms with van der Waals surface area (Å²) >= 11 is 0. The van der Waals surface area contributed by atoms with Crippen LogP contribution in [0.15, 0.2) is 18.2 Å². The number of ether oxygens (including phenoxy) is 2. The van der Waals surface area contributed by atoms with E-state index in [2.05, 4.69) is 10.6 Å². The molecule has 1 saturated heterocycles. The topological polar surface area (TPSA) is 81.1 Å². The SMILES string of the molecule is COc1ccc(CNC(=O)C[NH+]2CCNC(=O)C2)cc1OC. The summed E-state index contributed by atoms with van der Waals surface area (Å²) in [4.78, 5) is 24.2. The van der Waals surface area contributed by atoms with E-state index in [4.69, 9.17) is 9.47 Å². The number of rotatable bonds is 6. The molecule has 0 aliphatic carbocycles. The van der Waals surface area contributed by atoms with Crippen molar-refractivity contribution in [3.05, 3.63) is 23.8 Å². The lowest BCUT2D eigenvalue weighted by Gasteiger charge is -2.22. The van der Waals surface area contributed by atoms with Gasteiger partial charge >= 0.3 is 0 Å². The molecule has 1 aromatic rings. The molecule has 0 radical (unpaired) electrons. The van der Waals surface area contributed by atoms with Crippen molar-refractivity contribution < 1.29 is 24.0 Å². The average Bonchev–Trinajstić information content (AvgIpc) is 2.52. The molecule has 2 rings (SSSR count). The third-order valence-corrected chi connectivity index (χ3v) is 3.56. The molecule has 1 atom stereocenters. The van der Waals surface area contributed by atoms with Crippen LogP contribution in [0.2, 0.25) is 0 Å². The molecular formula is C15H22N3O4+. The van der Waals surface area contributed by atoms with E-state index >= 15 is 0 Å². The zero-order valence-electron chi connectivity index (χ0n) is 12.9. The minimum atomic E-state index is -0.0699. The van der Waals surface area contributed by atoms with Crippen LogP contribution < -0.4 is 25.0 Å². The molecule has 1 aliphatic heterocycles. The van der Waals surface area contributed by atoms with Gasteiger partial charge in [0.1, 0.15) is 0 Å². The van der Waals surface area contributed by atoms with E-state index in [-0.39, 0.29) is 11.8 Å². The predicted molar refractivity (Wildman–Crippen MR) is 80.0 cm³/mol. The number of piperazine rings is 1. The standard InChI is InChI=1S/C15H21N3O4/c1-21-12-4-3-11(7-13(12)22-2)8-17-15(20)10-18-6-5-16-14(19)9-18/h3-4,7H,5-6,8-10H2,1-2H3,(H,16,19)(H,17,20)/p+1. The number of hydrogen-bond acceptors (Lipinski definition) is 4. The fourth-order valence-electron chi connectivity index (χ4n) is 2.39. The number of methoxy groups -OCH3 is 2. The maximum absolute atomic E-state index is 11.9. The molecule has 1 aromatic carbocycles. The van der Waals surface area contributed by atoms with Gasteiger partial charge in [-0.3, -0.25) is 9.59 Å². The highest BCUT2D eigenvalue weighted by atomic mass is 16.5. The fourth-order valence-corrected chi connectivity index (χ4v) is 2.39. The summed E-state index contributed by atoms with van der Waals surface area (Å²) < 4.78 is 10.4. The first-order valence-corrected chi connectivity index (χ1v) is 7.20. The van der Waals surface area contributed by atoms with Gasteiger partial charge in [0.25, 0.3) is 11.8 Å². The number of quaternary nitrogens is 1. The van der Waals surface area contributed by atoms with Crippen molar-refractivity contribution in [1.82, 2.24) is 10.6 Å². The first kappa shape index (κ1) is 16.1. The van der Waals surface area contributed by atoms with Gasteiger partial charge in [0.2, 0.25) is 0 Å². The second-order valence-electron chi connectivity index (χ2n) is 5.17. The lowest BCUT2D eigenvalue weighted by molar-refractivity contribution is -0.885. The predicted octanol–water partition coefficient (Wildman–Crippen LogP) is -1.67. The average molecular weight is 308 g/mol. The van der Waals surface area contributed by atoms with Crippen LogP contribution in [0.5, 0.6) is 11.5 Å². The van der Waals surface area contributed by atoms with Crippen LogP contribution in [0.4, 0.5) is 0 Å². The van der Waals surface area contributed by atoms with Crippen LogP contribution in [0.1, 0.15) is 5.56 Å². The number of nitrogens with one attached hydrogen (secondary N) is 3. The maximum Gasteiger partial charge on any atom is 0.275 e. The highest BCUT2D eigenvalue weighted by Crippen LogP contribution is 2.27. The Hall–Kier alpha value is -2.28. The molecule has 1 unspecified atom stereocenters. The first-order valence-electron chi connectivity index (χ1n) is 7.20. The van der Waals surface area contributed by atoms with Crippen molar-refractivity contribution in [1.29, 1.82) is 0 Å². The molecule has 0 spiro atoms. The van der Waals surface area contributed by atoms with Crippen molar-refractivity contribution in [3.63, 3.8) is 0 Å². The molecule has 0 bridgehead atoms. The highest BCUT2D eigenvalue weighted by molar-refractivity contribution is 5.79. The minimum absolute atomic E-state index is 0.00561. The van der Waals surface area contributed by atoms with Crippen molar-refractivity contribution in [3.8, 4) is 11.5 Å². The molecule has 2 amide bonds. The molecule has 1 aliphatic rings. The summed E-state index contributed by atoms with van der Waals surface area (Å²) in [7, 11) is 3.15. The monoisotopic (exact) mass is 308 g/mol. The van der Waals surface area contributed by atoms with Gasteiger partial charge in [-0.05, 0) is 17.7 Å². The van der Waals surface area contributed by atoms with Crippen LogP contribution in [0, 0.1) is 0 Å². The van der Waals surface area contributed by atoms with E-state index in [0.717, 1.165) is 17.0 Å². The van der Waals surface area contributed by atoms with E-state index < -0.39 is 0 Å². The number of amides is 2. The van der Waals surface area contributed by atoms with Gasteiger partial charge in [-0.15, -0.1) is 0 Å². The minimum Gasteiger partial charge on any atom is -0.493 e. The summed E-state index contributed by atoms with van der Waals surface area (Å²) in [5, 5.41) is 5.61. The Labute approximate surface area is 129 Å². The summed E-state index contributed by atoms with van der Waals surface area (Å²) in [6, 6.07) is 5.52. The quantitative estimate of drug-likeness (QED) is 0.587. The van der Waals surface area contributed by atoms with Crippen LogP contribution >= 0.6 is 0 Å². The van der Waals surface area contributed by atoms with E-state index in [1.54, 1.807) is 20.3 Å². The molecular weight excluding hydrogens is 286 g/mol. The van der Waals surface area contributed by atoms with Gasteiger partial charge in [-0.2, -0.15) is 0 Å². The zero-order valence-corrected chi connectivity index (χ0v) is 12.9. The number of benzene rings is 1. The zero-order chi connectivity index (χ0) is 15.9.